The summed E-state index contributed by atoms with van der Waals surface area (Å²) in [4.78, 5) is 5.93. The molecule has 1 fully saturated rings. The number of thiazole rings is 1. The molecule has 2 rings (SSSR count). The van der Waals surface area contributed by atoms with E-state index in [0.29, 0.717) is 5.92 Å². The molecule has 1 N–H and O–H groups in total. The average molecular weight is 239 g/mol. The van der Waals surface area contributed by atoms with Crippen molar-refractivity contribution >= 4 is 11.3 Å². The van der Waals surface area contributed by atoms with Gasteiger partial charge in [0.2, 0.25) is 0 Å². The number of aliphatic hydroxyl groups is 1. The van der Waals surface area contributed by atoms with Gasteiger partial charge in [-0.25, -0.2) is 4.98 Å². The molecule has 0 aliphatic heterocycles. The summed E-state index contributed by atoms with van der Waals surface area (Å²) in [5.41, 5.74) is 1.18. The quantitative estimate of drug-likeness (QED) is 0.804. The number of hydrogen-bond donors (Lipinski definition) is 1. The van der Waals surface area contributed by atoms with Crippen LogP contribution in [0.5, 0.6) is 0 Å². The minimum absolute atomic E-state index is 0.0744. The van der Waals surface area contributed by atoms with Crippen LogP contribution in [0, 0.1) is 19.8 Å². The first-order valence-corrected chi connectivity index (χ1v) is 7.07. The number of aryl methyl sites for hydroxylation is 2. The van der Waals surface area contributed by atoms with Gasteiger partial charge in [-0.3, -0.25) is 0 Å². The van der Waals surface area contributed by atoms with Crippen LogP contribution in [-0.4, -0.2) is 16.2 Å². The molecule has 0 saturated heterocycles. The lowest BCUT2D eigenvalue weighted by molar-refractivity contribution is 0.141. The van der Waals surface area contributed by atoms with Crippen LogP contribution >= 0.6 is 11.3 Å². The van der Waals surface area contributed by atoms with Gasteiger partial charge in [0.15, 0.2) is 0 Å². The van der Waals surface area contributed by atoms with Crippen LogP contribution in [-0.2, 0) is 6.42 Å². The molecule has 1 aliphatic carbocycles. The van der Waals surface area contributed by atoms with Crippen molar-refractivity contribution in [3.8, 4) is 0 Å². The second-order valence-electron chi connectivity index (χ2n) is 4.99. The van der Waals surface area contributed by atoms with Crippen molar-refractivity contribution in [3.05, 3.63) is 15.6 Å². The number of hydrogen-bond acceptors (Lipinski definition) is 3. The molecule has 0 spiro atoms. The molecule has 2 nitrogen and oxygen atoms in total. The number of aliphatic hydroxyl groups excluding tert-OH is 1. The Morgan fingerprint density at radius 1 is 1.31 bits per heavy atom. The Kier molecular flexibility index (Phi) is 3.98. The van der Waals surface area contributed by atoms with Crippen LogP contribution < -0.4 is 0 Å². The molecule has 1 aromatic rings. The van der Waals surface area contributed by atoms with Crippen molar-refractivity contribution in [1.82, 2.24) is 4.98 Å². The van der Waals surface area contributed by atoms with Crippen molar-refractivity contribution in [2.45, 2.75) is 58.5 Å². The zero-order chi connectivity index (χ0) is 11.5. The van der Waals surface area contributed by atoms with E-state index in [-0.39, 0.29) is 6.10 Å². The van der Waals surface area contributed by atoms with Gasteiger partial charge in [-0.05, 0) is 39.0 Å². The highest BCUT2D eigenvalue weighted by Gasteiger charge is 2.20. The van der Waals surface area contributed by atoms with Crippen molar-refractivity contribution in [1.29, 1.82) is 0 Å². The third kappa shape index (κ3) is 3.05. The SMILES string of the molecule is Cc1nc(CC2CCCCC(O)C2)sc1C. The summed E-state index contributed by atoms with van der Waals surface area (Å²) < 4.78 is 0. The van der Waals surface area contributed by atoms with Gasteiger partial charge in [-0.2, -0.15) is 0 Å². The average Bonchev–Trinajstić information content (AvgIpc) is 2.43. The van der Waals surface area contributed by atoms with E-state index in [9.17, 15) is 5.11 Å². The topological polar surface area (TPSA) is 33.1 Å². The number of nitrogens with zero attached hydrogens (tertiary/aromatic N) is 1. The van der Waals surface area contributed by atoms with Gasteiger partial charge in [-0.15, -0.1) is 11.3 Å². The molecule has 1 aliphatic rings. The van der Waals surface area contributed by atoms with E-state index in [1.165, 1.54) is 34.8 Å². The number of aromatic nitrogens is 1. The Bertz CT molecular complexity index is 328. The van der Waals surface area contributed by atoms with Gasteiger partial charge in [0.25, 0.3) is 0 Å². The molecule has 0 aromatic carbocycles. The normalized spacial score (nSPS) is 26.7. The molecule has 0 amide bonds. The first-order chi connectivity index (χ1) is 7.65. The van der Waals surface area contributed by atoms with Gasteiger partial charge in [0, 0.05) is 11.3 Å². The van der Waals surface area contributed by atoms with E-state index in [1.54, 1.807) is 0 Å². The van der Waals surface area contributed by atoms with Crippen molar-refractivity contribution in [2.75, 3.05) is 0 Å². The molecule has 2 unspecified atom stereocenters. The third-order valence-corrected chi connectivity index (χ3v) is 4.64. The molecular formula is C13H21NOS. The van der Waals surface area contributed by atoms with Crippen molar-refractivity contribution < 1.29 is 5.11 Å². The molecule has 2 atom stereocenters. The Hall–Kier alpha value is -0.410. The fourth-order valence-electron chi connectivity index (χ4n) is 2.49. The summed E-state index contributed by atoms with van der Waals surface area (Å²) in [5.74, 6) is 0.641. The zero-order valence-electron chi connectivity index (χ0n) is 10.2. The summed E-state index contributed by atoms with van der Waals surface area (Å²) in [7, 11) is 0. The largest absolute Gasteiger partial charge is 0.393 e. The molecule has 1 aromatic heterocycles. The highest BCUT2D eigenvalue weighted by Crippen LogP contribution is 2.28. The second kappa shape index (κ2) is 5.28. The summed E-state index contributed by atoms with van der Waals surface area (Å²) in [6, 6.07) is 0. The Labute approximate surface area is 102 Å². The van der Waals surface area contributed by atoms with Crippen LogP contribution in [0.2, 0.25) is 0 Å². The fourth-order valence-corrected chi connectivity index (χ4v) is 3.54. The van der Waals surface area contributed by atoms with Gasteiger partial charge >= 0.3 is 0 Å². The first kappa shape index (κ1) is 12.1. The van der Waals surface area contributed by atoms with Crippen LogP contribution in [0.4, 0.5) is 0 Å². The molecule has 1 saturated carbocycles. The maximum absolute atomic E-state index is 9.78. The molecular weight excluding hydrogens is 218 g/mol. The van der Waals surface area contributed by atoms with Crippen molar-refractivity contribution in [3.63, 3.8) is 0 Å². The van der Waals surface area contributed by atoms with E-state index < -0.39 is 0 Å². The smallest absolute Gasteiger partial charge is 0.0933 e. The standard InChI is InChI=1S/C13H21NOS/c1-9-10(2)16-13(14-9)8-11-5-3-4-6-12(15)7-11/h11-12,15H,3-8H2,1-2H3. The second-order valence-corrected chi connectivity index (χ2v) is 6.28. The van der Waals surface area contributed by atoms with Crippen LogP contribution in [0.15, 0.2) is 0 Å². The minimum Gasteiger partial charge on any atom is -0.393 e. The van der Waals surface area contributed by atoms with Crippen molar-refractivity contribution in [2.24, 2.45) is 5.92 Å². The predicted octanol–water partition coefficient (Wildman–Crippen LogP) is 3.24. The first-order valence-electron chi connectivity index (χ1n) is 6.26. The molecule has 16 heavy (non-hydrogen) atoms. The van der Waals surface area contributed by atoms with Crippen LogP contribution in [0.3, 0.4) is 0 Å². The Morgan fingerprint density at radius 2 is 2.06 bits per heavy atom. The van der Waals surface area contributed by atoms with Gasteiger partial charge in [-0.1, -0.05) is 12.8 Å². The highest BCUT2D eigenvalue weighted by molar-refractivity contribution is 7.11. The lowest BCUT2D eigenvalue weighted by Gasteiger charge is -2.14. The molecule has 1 heterocycles. The summed E-state index contributed by atoms with van der Waals surface area (Å²) in [6.45, 7) is 4.22. The van der Waals surface area contributed by atoms with Gasteiger partial charge in [0.05, 0.1) is 16.8 Å². The fraction of sp³-hybridized carbons (Fsp3) is 0.769. The monoisotopic (exact) mass is 239 g/mol. The Morgan fingerprint density at radius 3 is 2.75 bits per heavy atom. The summed E-state index contributed by atoms with van der Waals surface area (Å²) in [6.07, 6.45) is 6.67. The molecule has 90 valence electrons. The molecule has 0 radical (unpaired) electrons. The van der Waals surface area contributed by atoms with E-state index in [1.807, 2.05) is 11.3 Å². The van der Waals surface area contributed by atoms with E-state index in [2.05, 4.69) is 18.8 Å². The zero-order valence-corrected chi connectivity index (χ0v) is 11.0. The summed E-state index contributed by atoms with van der Waals surface area (Å²) in [5, 5.41) is 11.0. The summed E-state index contributed by atoms with van der Waals surface area (Å²) >= 11 is 1.82. The van der Waals surface area contributed by atoms with E-state index in [0.717, 1.165) is 19.3 Å². The highest BCUT2D eigenvalue weighted by atomic mass is 32.1. The van der Waals surface area contributed by atoms with Crippen LogP contribution in [0.25, 0.3) is 0 Å². The molecule has 3 heteroatoms. The van der Waals surface area contributed by atoms with Gasteiger partial charge < -0.3 is 5.11 Å². The minimum atomic E-state index is -0.0744. The lowest BCUT2D eigenvalue weighted by atomic mass is 9.96. The third-order valence-electron chi connectivity index (χ3n) is 3.54. The van der Waals surface area contributed by atoms with Crippen LogP contribution in [0.1, 0.15) is 47.7 Å². The van der Waals surface area contributed by atoms with E-state index >= 15 is 0 Å². The lowest BCUT2D eigenvalue weighted by Crippen LogP contribution is -2.12. The van der Waals surface area contributed by atoms with E-state index in [4.69, 9.17) is 0 Å². The number of rotatable bonds is 2. The maximum atomic E-state index is 9.78. The molecule has 0 bridgehead atoms. The predicted molar refractivity (Wildman–Crippen MR) is 67.9 cm³/mol. The maximum Gasteiger partial charge on any atom is 0.0933 e. The van der Waals surface area contributed by atoms with Gasteiger partial charge in [0.1, 0.15) is 0 Å². The Balaban J connectivity index is 1.97.